The largest absolute Gasteiger partial charge is 0.434 e. The summed E-state index contributed by atoms with van der Waals surface area (Å²) in [7, 11) is 0. The maximum Gasteiger partial charge on any atom is 0.408 e. The summed E-state index contributed by atoms with van der Waals surface area (Å²) in [5, 5.41) is 2.56. The first kappa shape index (κ1) is 22.5. The number of hydrogen-bond acceptors (Lipinski definition) is 7. The highest BCUT2D eigenvalue weighted by Crippen LogP contribution is 2.22. The van der Waals surface area contributed by atoms with E-state index in [2.05, 4.69) is 10.3 Å². The van der Waals surface area contributed by atoms with Gasteiger partial charge >= 0.3 is 6.09 Å². The van der Waals surface area contributed by atoms with Gasteiger partial charge < -0.3 is 24.1 Å². The van der Waals surface area contributed by atoms with Crippen LogP contribution in [0.25, 0.3) is 11.1 Å². The number of ether oxygens (including phenoxy) is 2. The second-order valence-electron chi connectivity index (χ2n) is 7.59. The molecule has 1 aliphatic rings. The molecule has 0 aliphatic carbocycles. The molecule has 2 amide bonds. The summed E-state index contributed by atoms with van der Waals surface area (Å²) in [5.41, 5.74) is 1.58. The molecule has 0 spiro atoms. The first-order chi connectivity index (χ1) is 16.1. The van der Waals surface area contributed by atoms with E-state index in [1.807, 2.05) is 6.07 Å². The van der Waals surface area contributed by atoms with Gasteiger partial charge in [-0.05, 0) is 18.6 Å². The van der Waals surface area contributed by atoms with E-state index in [1.54, 1.807) is 60.4 Å². The van der Waals surface area contributed by atoms with Crippen LogP contribution in [-0.4, -0.2) is 60.0 Å². The molecule has 3 aromatic rings. The highest BCUT2D eigenvalue weighted by molar-refractivity contribution is 5.99. The Morgan fingerprint density at radius 2 is 1.76 bits per heavy atom. The fourth-order valence-electron chi connectivity index (χ4n) is 3.60. The lowest BCUT2D eigenvalue weighted by molar-refractivity contribution is -0.144. The smallest absolute Gasteiger partial charge is 0.408 e. The average Bonchev–Trinajstić information content (AvgIpc) is 3.30. The third-order valence-corrected chi connectivity index (χ3v) is 5.40. The SMILES string of the molecule is CC[C@H](NC(=O)O[C@H](C(=O)N1CCOCC1)c1ccccc1)C(=O)c1nc2ccccc2o1. The molecule has 9 nitrogen and oxygen atoms in total. The van der Waals surface area contributed by atoms with Gasteiger partial charge in [0.05, 0.1) is 13.2 Å². The molecule has 2 aromatic carbocycles. The minimum atomic E-state index is -1.14. The van der Waals surface area contributed by atoms with Gasteiger partial charge in [0, 0.05) is 18.7 Å². The number of fused-ring (bicyclic) bond motifs is 1. The van der Waals surface area contributed by atoms with Crippen molar-refractivity contribution in [2.24, 2.45) is 0 Å². The number of amides is 2. The second kappa shape index (κ2) is 10.3. The molecule has 0 unspecified atom stereocenters. The zero-order chi connectivity index (χ0) is 23.2. The van der Waals surface area contributed by atoms with E-state index < -0.39 is 24.0 Å². The van der Waals surface area contributed by atoms with Gasteiger partial charge in [-0.15, -0.1) is 0 Å². The molecule has 1 aromatic heterocycles. The van der Waals surface area contributed by atoms with Crippen molar-refractivity contribution in [1.82, 2.24) is 15.2 Å². The number of carbonyl (C=O) groups excluding carboxylic acids is 3. The number of alkyl carbamates (subject to hydrolysis) is 1. The number of morpholine rings is 1. The van der Waals surface area contributed by atoms with E-state index in [9.17, 15) is 14.4 Å². The number of ketones is 1. The predicted octanol–water partition coefficient (Wildman–Crippen LogP) is 3.12. The number of hydrogen-bond donors (Lipinski definition) is 1. The number of benzene rings is 2. The Morgan fingerprint density at radius 1 is 1.06 bits per heavy atom. The first-order valence-electron chi connectivity index (χ1n) is 10.8. The third-order valence-electron chi connectivity index (χ3n) is 5.40. The van der Waals surface area contributed by atoms with E-state index in [-0.39, 0.29) is 11.8 Å². The van der Waals surface area contributed by atoms with E-state index in [0.717, 1.165) is 0 Å². The Kier molecular flexibility index (Phi) is 6.99. The number of rotatable bonds is 7. The van der Waals surface area contributed by atoms with Gasteiger partial charge in [0.1, 0.15) is 11.6 Å². The molecular formula is C24H25N3O6. The number of aromatic nitrogens is 1. The van der Waals surface area contributed by atoms with Crippen molar-refractivity contribution in [3.05, 3.63) is 66.1 Å². The molecule has 0 saturated carbocycles. The number of nitrogens with zero attached hydrogens (tertiary/aromatic N) is 2. The van der Waals surface area contributed by atoms with E-state index >= 15 is 0 Å². The number of carbonyl (C=O) groups is 3. The van der Waals surface area contributed by atoms with Crippen molar-refractivity contribution < 1.29 is 28.3 Å². The summed E-state index contributed by atoms with van der Waals surface area (Å²) < 4.78 is 16.4. The molecule has 0 radical (unpaired) electrons. The van der Waals surface area contributed by atoms with Gasteiger partial charge in [0.15, 0.2) is 5.58 Å². The molecule has 2 atom stereocenters. The third kappa shape index (κ3) is 5.20. The van der Waals surface area contributed by atoms with Crippen LogP contribution in [0.1, 0.15) is 35.7 Å². The highest BCUT2D eigenvalue weighted by Gasteiger charge is 2.32. The molecular weight excluding hydrogens is 426 g/mol. The van der Waals surface area contributed by atoms with Crippen molar-refractivity contribution >= 4 is 28.9 Å². The topological polar surface area (TPSA) is 111 Å². The number of para-hydroxylation sites is 2. The molecule has 1 fully saturated rings. The van der Waals surface area contributed by atoms with E-state index in [1.165, 1.54) is 0 Å². The summed E-state index contributed by atoms with van der Waals surface area (Å²) in [5.74, 6) is -0.897. The van der Waals surface area contributed by atoms with Crippen LogP contribution < -0.4 is 5.32 Å². The van der Waals surface area contributed by atoms with Crippen LogP contribution in [0.5, 0.6) is 0 Å². The average molecular weight is 451 g/mol. The summed E-state index contributed by atoms with van der Waals surface area (Å²) in [6.45, 7) is 3.44. The lowest BCUT2D eigenvalue weighted by Gasteiger charge is -2.30. The minimum Gasteiger partial charge on any atom is -0.434 e. The molecule has 0 bridgehead atoms. The molecule has 9 heteroatoms. The Bertz CT molecular complexity index is 1090. The molecule has 33 heavy (non-hydrogen) atoms. The Hall–Kier alpha value is -3.72. The molecule has 1 N–H and O–H groups in total. The summed E-state index contributed by atoms with van der Waals surface area (Å²) in [6.07, 6.45) is -1.72. The standard InChI is InChI=1S/C24H25N3O6/c1-2-17(20(28)22-25-18-10-6-7-11-19(18)32-22)26-24(30)33-21(16-8-4-3-5-9-16)23(29)27-12-14-31-15-13-27/h3-11,17,21H,2,12-15H2,1H3,(H,26,30)/t17-,21-/m0/s1. The van der Waals surface area contributed by atoms with Crippen LogP contribution in [0.4, 0.5) is 4.79 Å². The van der Waals surface area contributed by atoms with Gasteiger partial charge in [-0.2, -0.15) is 0 Å². The van der Waals surface area contributed by atoms with Gasteiger partial charge in [-0.1, -0.05) is 49.4 Å². The van der Waals surface area contributed by atoms with Gasteiger partial charge in [-0.3, -0.25) is 9.59 Å². The van der Waals surface area contributed by atoms with Crippen molar-refractivity contribution in [2.45, 2.75) is 25.5 Å². The minimum absolute atomic E-state index is 0.0904. The second-order valence-corrected chi connectivity index (χ2v) is 7.59. The zero-order valence-electron chi connectivity index (χ0n) is 18.2. The molecule has 1 saturated heterocycles. The Labute approximate surface area is 190 Å². The van der Waals surface area contributed by atoms with Crippen LogP contribution in [0.15, 0.2) is 59.0 Å². The summed E-state index contributed by atoms with van der Waals surface area (Å²) >= 11 is 0. The summed E-state index contributed by atoms with van der Waals surface area (Å²) in [6, 6.07) is 14.9. The maximum atomic E-state index is 13.1. The van der Waals surface area contributed by atoms with Crippen molar-refractivity contribution in [3.63, 3.8) is 0 Å². The summed E-state index contributed by atoms with van der Waals surface area (Å²) in [4.78, 5) is 44.6. The van der Waals surface area contributed by atoms with Gasteiger partial charge in [0.2, 0.25) is 11.9 Å². The van der Waals surface area contributed by atoms with Crippen molar-refractivity contribution in [1.29, 1.82) is 0 Å². The molecule has 1 aliphatic heterocycles. The number of oxazole rings is 1. The Morgan fingerprint density at radius 3 is 2.45 bits per heavy atom. The van der Waals surface area contributed by atoms with E-state index in [4.69, 9.17) is 13.9 Å². The van der Waals surface area contributed by atoms with Crippen LogP contribution in [0.2, 0.25) is 0 Å². The lowest BCUT2D eigenvalue weighted by atomic mass is 10.1. The maximum absolute atomic E-state index is 13.1. The van der Waals surface area contributed by atoms with Gasteiger partial charge in [0.25, 0.3) is 11.8 Å². The van der Waals surface area contributed by atoms with Crippen LogP contribution in [0, 0.1) is 0 Å². The monoisotopic (exact) mass is 451 g/mol. The predicted molar refractivity (Wildman–Crippen MR) is 119 cm³/mol. The number of nitrogens with one attached hydrogen (secondary N) is 1. The molecule has 2 heterocycles. The lowest BCUT2D eigenvalue weighted by Crippen LogP contribution is -2.46. The van der Waals surface area contributed by atoms with Crippen LogP contribution >= 0.6 is 0 Å². The normalized spacial score (nSPS) is 15.6. The highest BCUT2D eigenvalue weighted by atomic mass is 16.6. The zero-order valence-corrected chi connectivity index (χ0v) is 18.2. The van der Waals surface area contributed by atoms with Gasteiger partial charge in [-0.25, -0.2) is 9.78 Å². The van der Waals surface area contributed by atoms with Crippen LogP contribution in [0.3, 0.4) is 0 Å². The Balaban J connectivity index is 1.48. The first-order valence-corrected chi connectivity index (χ1v) is 10.8. The fourth-order valence-corrected chi connectivity index (χ4v) is 3.60. The van der Waals surface area contributed by atoms with Crippen LogP contribution in [-0.2, 0) is 14.3 Å². The van der Waals surface area contributed by atoms with E-state index in [0.29, 0.717) is 49.4 Å². The fraction of sp³-hybridized carbons (Fsp3) is 0.333. The van der Waals surface area contributed by atoms with Crippen molar-refractivity contribution in [2.75, 3.05) is 26.3 Å². The number of Topliss-reactive ketones (excluding diaryl/α,β-unsaturated/α-hetero) is 1. The van der Waals surface area contributed by atoms with Crippen molar-refractivity contribution in [3.8, 4) is 0 Å². The quantitative estimate of drug-likeness (QED) is 0.550. The molecule has 4 rings (SSSR count). The molecule has 172 valence electrons.